The van der Waals surface area contributed by atoms with Gasteiger partial charge in [-0.25, -0.2) is 0 Å². The number of aliphatic hydroxyl groups is 8. The van der Waals surface area contributed by atoms with Gasteiger partial charge in [-0.05, 0) is 34.6 Å². The fraction of sp³-hybridized carbons (Fsp3) is 1.00. The van der Waals surface area contributed by atoms with Crippen molar-refractivity contribution in [3.8, 4) is 0 Å². The SMILES string of the molecule is CCO[C@@]1(O)O[C@H](OC2C(O)[C@H](O)C(CO)O[C@@H]2C(C)(C)OCCN)C(O[C@@H]2OC(CO)[C@@H](O)C(OC(C)C)C2O)C1O. The lowest BCUT2D eigenvalue weighted by Crippen LogP contribution is -2.66. The Morgan fingerprint density at radius 1 is 0.837 bits per heavy atom. The molecular formula is C26H49NO16. The van der Waals surface area contributed by atoms with E-state index in [9.17, 15) is 40.9 Å². The van der Waals surface area contributed by atoms with Gasteiger partial charge in [0.2, 0.25) is 0 Å². The van der Waals surface area contributed by atoms with Crippen LogP contribution < -0.4 is 5.73 Å². The third-order valence-corrected chi connectivity index (χ3v) is 7.57. The number of nitrogens with two attached hydrogens (primary N) is 1. The normalized spacial score (nSPS) is 44.3. The van der Waals surface area contributed by atoms with Crippen molar-refractivity contribution >= 4 is 0 Å². The molecule has 0 spiro atoms. The van der Waals surface area contributed by atoms with E-state index in [0.29, 0.717) is 0 Å². The topological polar surface area (TPSA) is 262 Å². The first-order valence-corrected chi connectivity index (χ1v) is 14.4. The standard InChI is InChI=1S/C26H49NO16/c1-6-36-26(35)21(34)20(42-23-17(33)18(38-11(2)3)15(31)13(10-29)40-23)24(43-26)41-19-16(32)14(30)12(9-28)39-22(19)25(4,5)37-8-7-27/h11-24,28-35H,6-10,27H2,1-5H3/t12?,13?,14-,15-,16?,17?,18?,19?,20?,21?,22+,23+,24+,26-/m1/s1. The van der Waals surface area contributed by atoms with E-state index in [2.05, 4.69) is 0 Å². The number of rotatable bonds is 14. The molecule has 3 heterocycles. The maximum absolute atomic E-state index is 11.1. The van der Waals surface area contributed by atoms with E-state index in [-0.39, 0.29) is 19.8 Å². The maximum atomic E-state index is 11.1. The average Bonchev–Trinajstić information content (AvgIpc) is 3.17. The quantitative estimate of drug-likeness (QED) is 0.0820. The number of aliphatic hydroxyl groups excluding tert-OH is 7. The fourth-order valence-corrected chi connectivity index (χ4v) is 5.39. The Hall–Kier alpha value is -0.680. The highest BCUT2D eigenvalue weighted by molar-refractivity contribution is 5.01. The Balaban J connectivity index is 1.94. The summed E-state index contributed by atoms with van der Waals surface area (Å²) in [6.45, 7) is 6.87. The molecular weight excluding hydrogens is 582 g/mol. The largest absolute Gasteiger partial charge is 0.394 e. The molecule has 3 aliphatic heterocycles. The Morgan fingerprint density at radius 3 is 2.00 bits per heavy atom. The monoisotopic (exact) mass is 631 g/mol. The van der Waals surface area contributed by atoms with Crippen LogP contribution in [0, 0.1) is 0 Å². The van der Waals surface area contributed by atoms with Crippen LogP contribution in [0.2, 0.25) is 0 Å². The Morgan fingerprint density at radius 2 is 1.44 bits per heavy atom. The van der Waals surface area contributed by atoms with Crippen LogP contribution in [0.3, 0.4) is 0 Å². The summed E-state index contributed by atoms with van der Waals surface area (Å²) in [5.74, 6) is -2.69. The van der Waals surface area contributed by atoms with Crippen LogP contribution in [-0.4, -0.2) is 171 Å². The predicted molar refractivity (Wildman–Crippen MR) is 142 cm³/mol. The van der Waals surface area contributed by atoms with Crippen LogP contribution in [0.1, 0.15) is 34.6 Å². The van der Waals surface area contributed by atoms with Crippen LogP contribution >= 0.6 is 0 Å². The molecule has 3 rings (SSSR count). The summed E-state index contributed by atoms with van der Waals surface area (Å²) in [5, 5.41) is 84.9. The average molecular weight is 632 g/mol. The third-order valence-electron chi connectivity index (χ3n) is 7.57. The molecule has 10 N–H and O–H groups in total. The van der Waals surface area contributed by atoms with Crippen molar-refractivity contribution in [2.24, 2.45) is 5.73 Å². The summed E-state index contributed by atoms with van der Waals surface area (Å²) < 4.78 is 45.6. The van der Waals surface area contributed by atoms with Crippen LogP contribution in [0.4, 0.5) is 0 Å². The highest BCUT2D eigenvalue weighted by atomic mass is 16.9. The molecule has 0 aromatic rings. The number of hydrogen-bond acceptors (Lipinski definition) is 17. The molecule has 14 atom stereocenters. The summed E-state index contributed by atoms with van der Waals surface area (Å²) in [7, 11) is 0. The highest BCUT2D eigenvalue weighted by Crippen LogP contribution is 2.39. The van der Waals surface area contributed by atoms with Gasteiger partial charge in [0.1, 0.15) is 61.0 Å². The smallest absolute Gasteiger partial charge is 0.313 e. The minimum Gasteiger partial charge on any atom is -0.394 e. The van der Waals surface area contributed by atoms with E-state index < -0.39 is 111 Å². The van der Waals surface area contributed by atoms with E-state index in [1.165, 1.54) is 6.92 Å². The molecule has 3 saturated heterocycles. The summed E-state index contributed by atoms with van der Waals surface area (Å²) in [6, 6.07) is 0. The molecule has 43 heavy (non-hydrogen) atoms. The van der Waals surface area contributed by atoms with Crippen molar-refractivity contribution in [3.05, 3.63) is 0 Å². The van der Waals surface area contributed by atoms with E-state index in [1.54, 1.807) is 27.7 Å². The Bertz CT molecular complexity index is 854. The lowest BCUT2D eigenvalue weighted by Gasteiger charge is -2.48. The first kappa shape index (κ1) is 36.8. The Kier molecular flexibility index (Phi) is 13.1. The second kappa shape index (κ2) is 15.3. The molecule has 0 bridgehead atoms. The lowest BCUT2D eigenvalue weighted by molar-refractivity contribution is -0.401. The van der Waals surface area contributed by atoms with Gasteiger partial charge < -0.3 is 79.7 Å². The minimum atomic E-state index is -2.69. The summed E-state index contributed by atoms with van der Waals surface area (Å²) in [6.07, 6.45) is -20.4. The van der Waals surface area contributed by atoms with Crippen molar-refractivity contribution in [2.45, 2.75) is 132 Å². The maximum Gasteiger partial charge on any atom is 0.313 e. The zero-order valence-electron chi connectivity index (χ0n) is 25.0. The molecule has 8 unspecified atom stereocenters. The van der Waals surface area contributed by atoms with E-state index in [1.807, 2.05) is 0 Å². The predicted octanol–water partition coefficient (Wildman–Crippen LogP) is -4.38. The van der Waals surface area contributed by atoms with E-state index >= 15 is 0 Å². The molecule has 3 fully saturated rings. The van der Waals surface area contributed by atoms with Crippen molar-refractivity contribution < 1.29 is 78.7 Å². The number of ether oxygens (including phenoxy) is 8. The zero-order chi connectivity index (χ0) is 32.3. The molecule has 0 aromatic heterocycles. The van der Waals surface area contributed by atoms with Crippen LogP contribution in [-0.2, 0) is 37.9 Å². The third kappa shape index (κ3) is 8.01. The molecule has 254 valence electrons. The van der Waals surface area contributed by atoms with Crippen LogP contribution in [0.15, 0.2) is 0 Å². The van der Waals surface area contributed by atoms with Gasteiger partial charge in [-0.15, -0.1) is 0 Å². The van der Waals surface area contributed by atoms with Crippen LogP contribution in [0.25, 0.3) is 0 Å². The molecule has 0 aliphatic carbocycles. The zero-order valence-corrected chi connectivity index (χ0v) is 25.0. The van der Waals surface area contributed by atoms with Crippen molar-refractivity contribution in [2.75, 3.05) is 33.0 Å². The molecule has 0 aromatic carbocycles. The molecule has 17 nitrogen and oxygen atoms in total. The molecule has 0 amide bonds. The lowest BCUT2D eigenvalue weighted by atomic mass is 9.86. The highest BCUT2D eigenvalue weighted by Gasteiger charge is 2.61. The van der Waals surface area contributed by atoms with Crippen molar-refractivity contribution in [1.29, 1.82) is 0 Å². The van der Waals surface area contributed by atoms with Crippen molar-refractivity contribution in [1.82, 2.24) is 0 Å². The van der Waals surface area contributed by atoms with Gasteiger partial charge in [-0.1, -0.05) is 0 Å². The van der Waals surface area contributed by atoms with Gasteiger partial charge in [-0.3, -0.25) is 4.74 Å². The molecule has 0 saturated carbocycles. The van der Waals surface area contributed by atoms with Crippen LogP contribution in [0.5, 0.6) is 0 Å². The van der Waals surface area contributed by atoms with Gasteiger partial charge in [0.15, 0.2) is 18.7 Å². The first-order chi connectivity index (χ1) is 20.1. The molecule has 3 aliphatic rings. The fourth-order valence-electron chi connectivity index (χ4n) is 5.39. The molecule has 0 radical (unpaired) electrons. The van der Waals surface area contributed by atoms with Gasteiger partial charge in [0, 0.05) is 13.2 Å². The molecule has 17 heteroatoms. The van der Waals surface area contributed by atoms with Gasteiger partial charge in [0.25, 0.3) is 0 Å². The summed E-state index contributed by atoms with van der Waals surface area (Å²) in [4.78, 5) is 0. The Labute approximate surface area is 249 Å². The summed E-state index contributed by atoms with van der Waals surface area (Å²) >= 11 is 0. The summed E-state index contributed by atoms with van der Waals surface area (Å²) in [5.41, 5.74) is 4.36. The first-order valence-electron chi connectivity index (χ1n) is 14.4. The van der Waals surface area contributed by atoms with Gasteiger partial charge in [-0.2, -0.15) is 0 Å². The van der Waals surface area contributed by atoms with E-state index in [4.69, 9.17) is 43.6 Å². The van der Waals surface area contributed by atoms with Gasteiger partial charge >= 0.3 is 5.97 Å². The van der Waals surface area contributed by atoms with Gasteiger partial charge in [0.05, 0.1) is 31.5 Å². The second-order valence-corrected chi connectivity index (χ2v) is 11.6. The minimum absolute atomic E-state index is 0.0882. The van der Waals surface area contributed by atoms with E-state index in [0.717, 1.165) is 0 Å². The number of hydrogen-bond donors (Lipinski definition) is 9. The second-order valence-electron chi connectivity index (χ2n) is 11.6. The van der Waals surface area contributed by atoms with Crippen molar-refractivity contribution in [3.63, 3.8) is 0 Å².